The largest absolute Gasteiger partial charge is 0.394 e. The molecule has 1 rings (SSSR count). The molecule has 0 bridgehead atoms. The van der Waals surface area contributed by atoms with E-state index >= 15 is 0 Å². The van der Waals surface area contributed by atoms with E-state index in [0.29, 0.717) is 28.5 Å². The van der Waals surface area contributed by atoms with Crippen molar-refractivity contribution in [3.05, 3.63) is 39.9 Å². The fourth-order valence-corrected chi connectivity index (χ4v) is 2.27. The predicted molar refractivity (Wildman–Crippen MR) is 84.0 cm³/mol. The molecule has 1 amide bonds. The fraction of sp³-hybridized carbons (Fsp3) is 0.400. The summed E-state index contributed by atoms with van der Waals surface area (Å²) in [4.78, 5) is 11.9. The van der Waals surface area contributed by atoms with Crippen molar-refractivity contribution in [2.45, 2.75) is 32.2 Å². The monoisotopic (exact) mass is 315 g/mol. The van der Waals surface area contributed by atoms with Gasteiger partial charge in [-0.15, -0.1) is 0 Å². The van der Waals surface area contributed by atoms with Crippen molar-refractivity contribution in [2.75, 3.05) is 6.61 Å². The average Bonchev–Trinajstić information content (AvgIpc) is 2.44. The first-order chi connectivity index (χ1) is 9.46. The molecular weight excluding hydrogens is 297 g/mol. The molecule has 0 aromatic heterocycles. The smallest absolute Gasteiger partial charge is 0.244 e. The Morgan fingerprint density at radius 1 is 1.35 bits per heavy atom. The maximum atomic E-state index is 11.9. The summed E-state index contributed by atoms with van der Waals surface area (Å²) < 4.78 is 0. The highest BCUT2D eigenvalue weighted by Crippen LogP contribution is 2.22. The molecule has 5 heteroatoms. The van der Waals surface area contributed by atoms with Gasteiger partial charge in [-0.1, -0.05) is 43.1 Å². The van der Waals surface area contributed by atoms with Gasteiger partial charge >= 0.3 is 0 Å². The zero-order valence-corrected chi connectivity index (χ0v) is 13.1. The summed E-state index contributed by atoms with van der Waals surface area (Å²) in [6.07, 6.45) is 4.37. The molecular formula is C15H19Cl2NO2. The first-order valence-electron chi connectivity index (χ1n) is 6.52. The van der Waals surface area contributed by atoms with Gasteiger partial charge in [0.2, 0.25) is 5.91 Å². The van der Waals surface area contributed by atoms with Crippen LogP contribution in [-0.4, -0.2) is 23.2 Å². The third-order valence-electron chi connectivity index (χ3n) is 3.42. The molecule has 2 N–H and O–H groups in total. The first-order valence-corrected chi connectivity index (χ1v) is 7.28. The van der Waals surface area contributed by atoms with Crippen molar-refractivity contribution in [3.8, 4) is 0 Å². The van der Waals surface area contributed by atoms with Gasteiger partial charge < -0.3 is 10.4 Å². The van der Waals surface area contributed by atoms with Crippen LogP contribution in [0.5, 0.6) is 0 Å². The molecule has 1 aromatic carbocycles. The lowest BCUT2D eigenvalue weighted by Crippen LogP contribution is -2.49. The summed E-state index contributed by atoms with van der Waals surface area (Å²) in [5.41, 5.74) is 0.152. The van der Waals surface area contributed by atoms with E-state index < -0.39 is 5.54 Å². The summed E-state index contributed by atoms with van der Waals surface area (Å²) in [5.74, 6) is -0.256. The second-order valence-corrected chi connectivity index (χ2v) is 5.48. The van der Waals surface area contributed by atoms with Crippen molar-refractivity contribution >= 4 is 35.2 Å². The molecule has 0 heterocycles. The summed E-state index contributed by atoms with van der Waals surface area (Å²) in [6, 6.07) is 5.07. The van der Waals surface area contributed by atoms with Crippen LogP contribution in [0.1, 0.15) is 32.3 Å². The second-order valence-electron chi connectivity index (χ2n) is 4.63. The normalized spacial score (nSPS) is 11.8. The van der Waals surface area contributed by atoms with Crippen molar-refractivity contribution in [3.63, 3.8) is 0 Å². The van der Waals surface area contributed by atoms with Crippen LogP contribution in [0.25, 0.3) is 6.08 Å². The van der Waals surface area contributed by atoms with Crippen LogP contribution >= 0.6 is 23.2 Å². The van der Waals surface area contributed by atoms with E-state index in [0.717, 1.165) is 0 Å². The second kappa shape index (κ2) is 7.67. The van der Waals surface area contributed by atoms with Crippen LogP contribution in [0.4, 0.5) is 0 Å². The number of halogens is 2. The lowest BCUT2D eigenvalue weighted by atomic mass is 9.94. The van der Waals surface area contributed by atoms with Crippen LogP contribution in [-0.2, 0) is 4.79 Å². The molecule has 0 radical (unpaired) electrons. The molecule has 20 heavy (non-hydrogen) atoms. The molecule has 0 saturated heterocycles. The number of aliphatic hydroxyl groups excluding tert-OH is 1. The molecule has 3 nitrogen and oxygen atoms in total. The number of hydrogen-bond acceptors (Lipinski definition) is 2. The third-order valence-corrected chi connectivity index (χ3v) is 3.98. The van der Waals surface area contributed by atoms with Gasteiger partial charge in [0.15, 0.2) is 0 Å². The quantitative estimate of drug-likeness (QED) is 0.787. The number of carbonyl (C=O) groups is 1. The lowest BCUT2D eigenvalue weighted by molar-refractivity contribution is -0.119. The van der Waals surface area contributed by atoms with E-state index in [1.54, 1.807) is 24.3 Å². The van der Waals surface area contributed by atoms with Gasteiger partial charge in [0.1, 0.15) is 0 Å². The third kappa shape index (κ3) is 4.51. The van der Waals surface area contributed by atoms with E-state index in [4.69, 9.17) is 23.2 Å². The highest BCUT2D eigenvalue weighted by atomic mass is 35.5. The first kappa shape index (κ1) is 17.0. The fourth-order valence-electron chi connectivity index (χ4n) is 1.80. The number of aliphatic hydroxyl groups is 1. The molecule has 0 saturated carbocycles. The van der Waals surface area contributed by atoms with Crippen molar-refractivity contribution < 1.29 is 9.90 Å². The van der Waals surface area contributed by atoms with Crippen LogP contribution in [0.2, 0.25) is 10.0 Å². The van der Waals surface area contributed by atoms with Crippen LogP contribution in [0.3, 0.4) is 0 Å². The van der Waals surface area contributed by atoms with Crippen LogP contribution in [0.15, 0.2) is 24.3 Å². The van der Waals surface area contributed by atoms with Crippen LogP contribution in [0, 0.1) is 0 Å². The Bertz CT molecular complexity index is 488. The number of hydrogen-bond donors (Lipinski definition) is 2. The molecule has 0 aliphatic heterocycles. The molecule has 1 aromatic rings. The summed E-state index contributed by atoms with van der Waals surface area (Å²) in [7, 11) is 0. The van der Waals surface area contributed by atoms with Crippen molar-refractivity contribution in [1.29, 1.82) is 0 Å². The van der Waals surface area contributed by atoms with E-state index in [9.17, 15) is 9.90 Å². The highest BCUT2D eigenvalue weighted by molar-refractivity contribution is 6.35. The average molecular weight is 316 g/mol. The maximum Gasteiger partial charge on any atom is 0.244 e. The van der Waals surface area contributed by atoms with E-state index in [-0.39, 0.29) is 12.5 Å². The minimum absolute atomic E-state index is 0.0821. The van der Waals surface area contributed by atoms with Crippen molar-refractivity contribution in [2.24, 2.45) is 0 Å². The van der Waals surface area contributed by atoms with Gasteiger partial charge in [-0.25, -0.2) is 0 Å². The summed E-state index contributed by atoms with van der Waals surface area (Å²) >= 11 is 11.8. The molecule has 0 spiro atoms. The van der Waals surface area contributed by atoms with Gasteiger partial charge in [0.05, 0.1) is 12.1 Å². The summed E-state index contributed by atoms with van der Waals surface area (Å²) in [5, 5.41) is 13.3. The zero-order chi connectivity index (χ0) is 15.2. The van der Waals surface area contributed by atoms with Gasteiger partial charge in [-0.3, -0.25) is 4.79 Å². The Hall–Kier alpha value is -1.03. The minimum Gasteiger partial charge on any atom is -0.394 e. The summed E-state index contributed by atoms with van der Waals surface area (Å²) in [6.45, 7) is 3.78. The number of amides is 1. The SMILES string of the molecule is CCC(CC)(CO)NC(=O)C=Cc1ccc(Cl)cc1Cl. The van der Waals surface area contributed by atoms with Crippen LogP contribution < -0.4 is 5.32 Å². The number of benzene rings is 1. The van der Waals surface area contributed by atoms with Gasteiger partial charge in [0, 0.05) is 16.1 Å². The topological polar surface area (TPSA) is 49.3 Å². The number of nitrogens with one attached hydrogen (secondary N) is 1. The van der Waals surface area contributed by atoms with E-state index in [2.05, 4.69) is 5.32 Å². The number of rotatable bonds is 6. The maximum absolute atomic E-state index is 11.9. The Kier molecular flexibility index (Phi) is 6.53. The number of carbonyl (C=O) groups excluding carboxylic acids is 1. The van der Waals surface area contributed by atoms with E-state index in [1.807, 2.05) is 13.8 Å². The van der Waals surface area contributed by atoms with E-state index in [1.165, 1.54) is 6.08 Å². The predicted octanol–water partition coefficient (Wildman–Crippen LogP) is 3.67. The Morgan fingerprint density at radius 3 is 2.50 bits per heavy atom. The molecule has 0 unspecified atom stereocenters. The minimum atomic E-state index is -0.564. The molecule has 0 atom stereocenters. The highest BCUT2D eigenvalue weighted by Gasteiger charge is 2.26. The van der Waals surface area contributed by atoms with Gasteiger partial charge in [-0.2, -0.15) is 0 Å². The molecule has 0 fully saturated rings. The molecule has 0 aliphatic rings. The Morgan fingerprint density at radius 2 is 2.00 bits per heavy atom. The Balaban J connectivity index is 2.77. The standard InChI is InChI=1S/C15H19Cl2NO2/c1-3-15(4-2,10-19)18-14(20)8-6-11-5-7-12(16)9-13(11)17/h5-9,19H,3-4,10H2,1-2H3,(H,18,20). The van der Waals surface area contributed by atoms with Gasteiger partial charge in [-0.05, 0) is 36.6 Å². The molecule has 0 aliphatic carbocycles. The molecule has 110 valence electrons. The van der Waals surface area contributed by atoms with Gasteiger partial charge in [0.25, 0.3) is 0 Å². The lowest BCUT2D eigenvalue weighted by Gasteiger charge is -2.30. The Labute approximate surface area is 129 Å². The zero-order valence-electron chi connectivity index (χ0n) is 11.6. The van der Waals surface area contributed by atoms with Crippen molar-refractivity contribution in [1.82, 2.24) is 5.32 Å².